The third-order valence-electron chi connectivity index (χ3n) is 1.37. The molecule has 0 aromatic carbocycles. The van der Waals surface area contributed by atoms with Crippen molar-refractivity contribution >= 4 is 0 Å². The molecule has 0 atom stereocenters. The van der Waals surface area contributed by atoms with Crippen molar-refractivity contribution in [2.45, 2.75) is 27.2 Å². The zero-order valence-corrected chi connectivity index (χ0v) is 8.26. The maximum Gasteiger partial charge on any atom is 0.104 e. The third-order valence-corrected chi connectivity index (χ3v) is 1.37. The molecule has 2 nitrogen and oxygen atoms in total. The molecule has 1 N–H and O–H groups in total. The Kier molecular flexibility index (Phi) is 7.55. The summed E-state index contributed by atoms with van der Waals surface area (Å²) in [7, 11) is 0. The topological polar surface area (TPSA) is 21.3 Å². The van der Waals surface area contributed by atoms with Crippen LogP contribution in [0.3, 0.4) is 0 Å². The lowest BCUT2D eigenvalue weighted by atomic mass is 10.3. The molecule has 0 unspecified atom stereocenters. The molecule has 0 radical (unpaired) electrons. The minimum Gasteiger partial charge on any atom is -0.500 e. The number of allylic oxidation sites excluding steroid dienone is 3. The highest BCUT2D eigenvalue weighted by atomic mass is 16.5. The minimum atomic E-state index is 0.721. The monoisotopic (exact) mass is 169 g/mol. The van der Waals surface area contributed by atoms with Crippen LogP contribution in [0.4, 0.5) is 0 Å². The van der Waals surface area contributed by atoms with Crippen LogP contribution in [0.2, 0.25) is 0 Å². The van der Waals surface area contributed by atoms with Gasteiger partial charge in [-0.3, -0.25) is 0 Å². The summed E-state index contributed by atoms with van der Waals surface area (Å²) in [5, 5.41) is 3.24. The molecule has 0 spiro atoms. The summed E-state index contributed by atoms with van der Waals surface area (Å²) in [6.07, 6.45) is 6.83. The maximum atomic E-state index is 5.14. The standard InChI is InChI=1S/C10H19NO/c1-4-6-10(3)11-7-9-12-8-5-2/h5-6,8,11H,4,7,9H2,1-3H3/b8-5+,10-6+. The maximum absolute atomic E-state index is 5.14. The molecule has 70 valence electrons. The molecule has 0 saturated heterocycles. The zero-order chi connectivity index (χ0) is 9.23. The number of hydrogen-bond acceptors (Lipinski definition) is 2. The Bertz CT molecular complexity index is 150. The van der Waals surface area contributed by atoms with Crippen molar-refractivity contribution in [2.24, 2.45) is 0 Å². The fraction of sp³-hybridized carbons (Fsp3) is 0.600. The van der Waals surface area contributed by atoms with E-state index in [1.54, 1.807) is 6.26 Å². The lowest BCUT2D eigenvalue weighted by Crippen LogP contribution is -2.16. The molecule has 0 saturated carbocycles. The Morgan fingerprint density at radius 2 is 2.25 bits per heavy atom. The van der Waals surface area contributed by atoms with Crippen molar-refractivity contribution in [1.82, 2.24) is 5.32 Å². The largest absolute Gasteiger partial charge is 0.500 e. The van der Waals surface area contributed by atoms with Crippen LogP contribution in [0.25, 0.3) is 0 Å². The molecular formula is C10H19NO. The zero-order valence-electron chi connectivity index (χ0n) is 8.26. The molecule has 0 aliphatic carbocycles. The van der Waals surface area contributed by atoms with Crippen LogP contribution < -0.4 is 5.32 Å². The van der Waals surface area contributed by atoms with Gasteiger partial charge in [-0.05, 0) is 20.3 Å². The molecule has 0 bridgehead atoms. The van der Waals surface area contributed by atoms with E-state index in [2.05, 4.69) is 25.2 Å². The van der Waals surface area contributed by atoms with Crippen molar-refractivity contribution in [3.8, 4) is 0 Å². The number of nitrogens with one attached hydrogen (secondary N) is 1. The normalized spacial score (nSPS) is 12.1. The predicted octanol–water partition coefficient (Wildman–Crippen LogP) is 2.44. The van der Waals surface area contributed by atoms with Crippen molar-refractivity contribution in [1.29, 1.82) is 0 Å². The van der Waals surface area contributed by atoms with E-state index in [4.69, 9.17) is 4.74 Å². The molecule has 0 fully saturated rings. The lowest BCUT2D eigenvalue weighted by molar-refractivity contribution is 0.252. The van der Waals surface area contributed by atoms with Crippen LogP contribution in [0, 0.1) is 0 Å². The van der Waals surface area contributed by atoms with E-state index in [0.717, 1.165) is 19.6 Å². The quantitative estimate of drug-likeness (QED) is 0.487. The molecule has 0 aliphatic rings. The molecule has 2 heteroatoms. The summed E-state index contributed by atoms with van der Waals surface area (Å²) in [5.74, 6) is 0. The molecule has 0 heterocycles. The van der Waals surface area contributed by atoms with Gasteiger partial charge in [-0.15, -0.1) is 0 Å². The lowest BCUT2D eigenvalue weighted by Gasteiger charge is -2.05. The van der Waals surface area contributed by atoms with Gasteiger partial charge in [-0.2, -0.15) is 0 Å². The highest BCUT2D eigenvalue weighted by molar-refractivity contribution is 4.94. The first-order valence-electron chi connectivity index (χ1n) is 4.44. The van der Waals surface area contributed by atoms with Crippen molar-refractivity contribution in [3.63, 3.8) is 0 Å². The van der Waals surface area contributed by atoms with Gasteiger partial charge in [0.2, 0.25) is 0 Å². The van der Waals surface area contributed by atoms with E-state index in [-0.39, 0.29) is 0 Å². The fourth-order valence-electron chi connectivity index (χ4n) is 0.850. The SMILES string of the molecule is C/C=C/OCCN/C(C)=C/CC. The average Bonchev–Trinajstić information content (AvgIpc) is 2.05. The Morgan fingerprint density at radius 1 is 1.50 bits per heavy atom. The molecule has 12 heavy (non-hydrogen) atoms. The second kappa shape index (κ2) is 8.18. The second-order valence-electron chi connectivity index (χ2n) is 2.56. The second-order valence-corrected chi connectivity index (χ2v) is 2.56. The van der Waals surface area contributed by atoms with Crippen LogP contribution in [0.5, 0.6) is 0 Å². The van der Waals surface area contributed by atoms with Crippen LogP contribution in [0.1, 0.15) is 27.2 Å². The Labute approximate surface area is 75.3 Å². The number of rotatable bonds is 6. The van der Waals surface area contributed by atoms with Gasteiger partial charge in [0.1, 0.15) is 6.61 Å². The highest BCUT2D eigenvalue weighted by Crippen LogP contribution is 1.88. The van der Waals surface area contributed by atoms with Gasteiger partial charge < -0.3 is 10.1 Å². The van der Waals surface area contributed by atoms with E-state index >= 15 is 0 Å². The Morgan fingerprint density at radius 3 is 2.83 bits per heavy atom. The van der Waals surface area contributed by atoms with Gasteiger partial charge in [0.25, 0.3) is 0 Å². The van der Waals surface area contributed by atoms with Gasteiger partial charge in [-0.1, -0.05) is 19.1 Å². The first-order chi connectivity index (χ1) is 5.81. The summed E-state index contributed by atoms with van der Waals surface area (Å²) in [4.78, 5) is 0. The van der Waals surface area contributed by atoms with Gasteiger partial charge in [0, 0.05) is 12.2 Å². The van der Waals surface area contributed by atoms with Crippen molar-refractivity contribution in [3.05, 3.63) is 24.1 Å². The Balaban J connectivity index is 3.25. The molecule has 0 aliphatic heterocycles. The number of ether oxygens (including phenoxy) is 1. The molecule has 0 rings (SSSR count). The predicted molar refractivity (Wildman–Crippen MR) is 52.8 cm³/mol. The third kappa shape index (κ3) is 7.19. The Hall–Kier alpha value is -0.920. The average molecular weight is 169 g/mol. The highest BCUT2D eigenvalue weighted by Gasteiger charge is 1.85. The summed E-state index contributed by atoms with van der Waals surface area (Å²) in [5.41, 5.74) is 1.22. The van der Waals surface area contributed by atoms with Gasteiger partial charge >= 0.3 is 0 Å². The van der Waals surface area contributed by atoms with E-state index in [1.165, 1.54) is 5.70 Å². The van der Waals surface area contributed by atoms with Gasteiger partial charge in [-0.25, -0.2) is 0 Å². The van der Waals surface area contributed by atoms with Crippen LogP contribution in [-0.2, 0) is 4.74 Å². The molecular weight excluding hydrogens is 150 g/mol. The van der Waals surface area contributed by atoms with Crippen LogP contribution in [0.15, 0.2) is 24.1 Å². The van der Waals surface area contributed by atoms with Gasteiger partial charge in [0.15, 0.2) is 0 Å². The van der Waals surface area contributed by atoms with Gasteiger partial charge in [0.05, 0.1) is 6.26 Å². The van der Waals surface area contributed by atoms with Crippen LogP contribution in [-0.4, -0.2) is 13.2 Å². The summed E-state index contributed by atoms with van der Waals surface area (Å²) >= 11 is 0. The summed E-state index contributed by atoms with van der Waals surface area (Å²) in [6, 6.07) is 0. The summed E-state index contributed by atoms with van der Waals surface area (Å²) in [6.45, 7) is 7.72. The fourth-order valence-corrected chi connectivity index (χ4v) is 0.850. The molecule has 0 aromatic rings. The summed E-state index contributed by atoms with van der Waals surface area (Å²) < 4.78 is 5.14. The molecule has 0 aromatic heterocycles. The van der Waals surface area contributed by atoms with E-state index in [1.807, 2.05) is 13.0 Å². The first kappa shape index (κ1) is 11.1. The van der Waals surface area contributed by atoms with Crippen molar-refractivity contribution in [2.75, 3.05) is 13.2 Å². The first-order valence-corrected chi connectivity index (χ1v) is 4.44. The van der Waals surface area contributed by atoms with Crippen LogP contribution >= 0.6 is 0 Å². The number of hydrogen-bond donors (Lipinski definition) is 1. The minimum absolute atomic E-state index is 0.721. The van der Waals surface area contributed by atoms with E-state index in [0.29, 0.717) is 0 Å². The van der Waals surface area contributed by atoms with Crippen molar-refractivity contribution < 1.29 is 4.74 Å². The smallest absolute Gasteiger partial charge is 0.104 e. The van der Waals surface area contributed by atoms with E-state index < -0.39 is 0 Å². The van der Waals surface area contributed by atoms with E-state index in [9.17, 15) is 0 Å². The molecule has 0 amide bonds.